The van der Waals surface area contributed by atoms with Crippen LogP contribution in [0.15, 0.2) is 40.1 Å². The van der Waals surface area contributed by atoms with Crippen LogP contribution in [-0.2, 0) is 6.42 Å². The largest absolute Gasteiger partial charge is 0.493 e. The maximum absolute atomic E-state index is 13.0. The van der Waals surface area contributed by atoms with Crippen LogP contribution in [-0.4, -0.2) is 40.0 Å². The molecule has 0 amide bonds. The lowest BCUT2D eigenvalue weighted by molar-refractivity contribution is 0.1000. The van der Waals surface area contributed by atoms with Gasteiger partial charge in [0.2, 0.25) is 5.82 Å². The Bertz CT molecular complexity index is 1040. The van der Waals surface area contributed by atoms with Gasteiger partial charge < -0.3 is 13.9 Å². The van der Waals surface area contributed by atoms with Gasteiger partial charge >= 0.3 is 0 Å². The Hall–Kier alpha value is -2.74. The van der Waals surface area contributed by atoms with Crippen LogP contribution in [0.25, 0.3) is 11.6 Å². The van der Waals surface area contributed by atoms with Gasteiger partial charge in [0.05, 0.1) is 25.7 Å². The average Bonchev–Trinajstić information content (AvgIpc) is 3.12. The van der Waals surface area contributed by atoms with Gasteiger partial charge in [0.15, 0.2) is 28.2 Å². The molecule has 8 heteroatoms. The number of nitrogens with zero attached hydrogens (tertiary/aromatic N) is 3. The van der Waals surface area contributed by atoms with Gasteiger partial charge in [0, 0.05) is 11.6 Å². The molecule has 2 aliphatic rings. The summed E-state index contributed by atoms with van der Waals surface area (Å²) in [6.07, 6.45) is 4.44. The molecule has 3 aromatic rings. The van der Waals surface area contributed by atoms with Gasteiger partial charge in [0.1, 0.15) is 0 Å². The molecule has 5 rings (SSSR count). The van der Waals surface area contributed by atoms with Crippen LogP contribution in [0, 0.1) is 0 Å². The lowest BCUT2D eigenvalue weighted by atomic mass is 10.1. The first-order chi connectivity index (χ1) is 13.7. The molecule has 1 fully saturated rings. The number of thioether (sulfide) groups is 1. The van der Waals surface area contributed by atoms with Crippen molar-refractivity contribution < 1.29 is 18.7 Å². The number of ketones is 1. The van der Waals surface area contributed by atoms with E-state index in [0.717, 1.165) is 29.4 Å². The van der Waals surface area contributed by atoms with Crippen molar-refractivity contribution in [3.05, 3.63) is 41.7 Å². The maximum atomic E-state index is 13.0. The molecule has 0 spiro atoms. The Morgan fingerprint density at radius 2 is 1.96 bits per heavy atom. The summed E-state index contributed by atoms with van der Waals surface area (Å²) >= 11 is 1.47. The highest BCUT2D eigenvalue weighted by Crippen LogP contribution is 2.44. The van der Waals surface area contributed by atoms with Crippen LogP contribution in [0.2, 0.25) is 0 Å². The second-order valence-corrected chi connectivity index (χ2v) is 8.09. The van der Waals surface area contributed by atoms with Crippen molar-refractivity contribution in [1.29, 1.82) is 0 Å². The number of aromatic nitrogens is 3. The lowest BCUT2D eigenvalue weighted by Crippen LogP contribution is -2.13. The fourth-order valence-corrected chi connectivity index (χ4v) is 4.79. The minimum absolute atomic E-state index is 0.0887. The Labute approximate surface area is 166 Å². The standard InChI is InChI=1S/C20H19N3O4S/c1-25-15-8-11-9-17(18(24)13(11)10-16(15)26-2)28-20-22-21-19(14-4-3-7-27-14)23(20)12-5-6-12/h3-4,7-8,10,12,17H,5-6,9H2,1-2H3/t17-/m1/s1. The third kappa shape index (κ3) is 2.79. The van der Waals surface area contributed by atoms with Gasteiger partial charge in [-0.2, -0.15) is 0 Å². The fraction of sp³-hybridized carbons (Fsp3) is 0.350. The number of hydrogen-bond acceptors (Lipinski definition) is 7. The summed E-state index contributed by atoms with van der Waals surface area (Å²) in [4.78, 5) is 13.0. The molecular formula is C20H19N3O4S. The van der Waals surface area contributed by atoms with Crippen molar-refractivity contribution in [1.82, 2.24) is 14.8 Å². The summed E-state index contributed by atoms with van der Waals surface area (Å²) < 4.78 is 18.3. The number of methoxy groups -OCH3 is 2. The number of hydrogen-bond donors (Lipinski definition) is 0. The van der Waals surface area contributed by atoms with E-state index in [0.29, 0.717) is 35.3 Å². The summed E-state index contributed by atoms with van der Waals surface area (Å²) in [7, 11) is 3.17. The molecule has 2 aliphatic carbocycles. The monoisotopic (exact) mass is 397 g/mol. The maximum Gasteiger partial charge on any atom is 0.200 e. The number of rotatable bonds is 6. The molecule has 0 radical (unpaired) electrons. The molecule has 0 saturated heterocycles. The zero-order valence-corrected chi connectivity index (χ0v) is 16.4. The second-order valence-electron chi connectivity index (χ2n) is 6.92. The van der Waals surface area contributed by atoms with Crippen LogP contribution in [0.4, 0.5) is 0 Å². The number of furan rings is 1. The van der Waals surface area contributed by atoms with Gasteiger partial charge in [-0.25, -0.2) is 0 Å². The fourth-order valence-electron chi connectivity index (χ4n) is 3.60. The first kappa shape index (κ1) is 17.4. The molecule has 0 N–H and O–H groups in total. The number of fused-ring (bicyclic) bond motifs is 1. The van der Waals surface area contributed by atoms with E-state index in [-0.39, 0.29) is 11.0 Å². The van der Waals surface area contributed by atoms with E-state index in [1.807, 2.05) is 18.2 Å². The Kier molecular flexibility index (Phi) is 4.16. The van der Waals surface area contributed by atoms with Crippen molar-refractivity contribution >= 4 is 17.5 Å². The summed E-state index contributed by atoms with van der Waals surface area (Å²) in [5, 5.41) is 9.24. The quantitative estimate of drug-likeness (QED) is 0.626. The van der Waals surface area contributed by atoms with Crippen molar-refractivity contribution in [2.75, 3.05) is 14.2 Å². The van der Waals surface area contributed by atoms with Crippen LogP contribution in [0.3, 0.4) is 0 Å². The van der Waals surface area contributed by atoms with Crippen molar-refractivity contribution in [2.45, 2.75) is 35.7 Å². The van der Waals surface area contributed by atoms with Crippen molar-refractivity contribution in [2.24, 2.45) is 0 Å². The van der Waals surface area contributed by atoms with Crippen LogP contribution in [0.1, 0.15) is 34.8 Å². The highest BCUT2D eigenvalue weighted by Gasteiger charge is 2.37. The number of Topliss-reactive ketones (excluding diaryl/α,β-unsaturated/α-hetero) is 1. The van der Waals surface area contributed by atoms with Crippen LogP contribution >= 0.6 is 11.8 Å². The number of carbonyl (C=O) groups excluding carboxylic acids is 1. The van der Waals surface area contributed by atoms with E-state index in [1.165, 1.54) is 11.8 Å². The molecule has 1 aromatic carbocycles. The van der Waals surface area contributed by atoms with Gasteiger partial charge in [0.25, 0.3) is 0 Å². The Morgan fingerprint density at radius 1 is 1.18 bits per heavy atom. The highest BCUT2D eigenvalue weighted by molar-refractivity contribution is 8.00. The SMILES string of the molecule is COc1cc2c(cc1OC)C(=O)[C@H](Sc1nnc(-c3ccco3)n1C1CC1)C2. The predicted octanol–water partition coefficient (Wildman–Crippen LogP) is 3.79. The molecule has 0 unspecified atom stereocenters. The highest BCUT2D eigenvalue weighted by atomic mass is 32.2. The number of carbonyl (C=O) groups is 1. The van der Waals surface area contributed by atoms with Crippen molar-refractivity contribution in [3.63, 3.8) is 0 Å². The van der Waals surface area contributed by atoms with E-state index < -0.39 is 0 Å². The number of benzene rings is 1. The van der Waals surface area contributed by atoms with Crippen LogP contribution in [0.5, 0.6) is 11.5 Å². The first-order valence-electron chi connectivity index (χ1n) is 9.14. The Morgan fingerprint density at radius 3 is 2.64 bits per heavy atom. The summed E-state index contributed by atoms with van der Waals surface area (Å²) in [6, 6.07) is 7.76. The van der Waals surface area contributed by atoms with E-state index in [2.05, 4.69) is 14.8 Å². The summed E-state index contributed by atoms with van der Waals surface area (Å²) in [6.45, 7) is 0. The molecule has 1 saturated carbocycles. The molecule has 144 valence electrons. The molecule has 0 bridgehead atoms. The third-order valence-electron chi connectivity index (χ3n) is 5.14. The molecule has 28 heavy (non-hydrogen) atoms. The summed E-state index contributed by atoms with van der Waals surface area (Å²) in [5.41, 5.74) is 1.67. The number of ether oxygens (including phenoxy) is 2. The zero-order valence-electron chi connectivity index (χ0n) is 15.5. The van der Waals surface area contributed by atoms with Gasteiger partial charge in [-0.3, -0.25) is 9.36 Å². The smallest absolute Gasteiger partial charge is 0.200 e. The second kappa shape index (κ2) is 6.70. The Balaban J connectivity index is 1.45. The third-order valence-corrected chi connectivity index (χ3v) is 6.29. The first-order valence-corrected chi connectivity index (χ1v) is 10.0. The predicted molar refractivity (Wildman–Crippen MR) is 103 cm³/mol. The van der Waals surface area contributed by atoms with E-state index in [9.17, 15) is 4.79 Å². The van der Waals surface area contributed by atoms with Gasteiger partial charge in [-0.15, -0.1) is 10.2 Å². The van der Waals surface area contributed by atoms with E-state index in [1.54, 1.807) is 26.5 Å². The van der Waals surface area contributed by atoms with Crippen molar-refractivity contribution in [3.8, 4) is 23.1 Å². The minimum Gasteiger partial charge on any atom is -0.493 e. The molecule has 7 nitrogen and oxygen atoms in total. The normalized spacial score (nSPS) is 18.4. The molecular weight excluding hydrogens is 378 g/mol. The molecule has 2 heterocycles. The average molecular weight is 397 g/mol. The molecule has 0 aliphatic heterocycles. The van der Waals surface area contributed by atoms with Crippen LogP contribution < -0.4 is 9.47 Å². The lowest BCUT2D eigenvalue weighted by Gasteiger charge is -2.10. The van der Waals surface area contributed by atoms with Gasteiger partial charge in [-0.05, 0) is 49.1 Å². The summed E-state index contributed by atoms with van der Waals surface area (Å²) in [5.74, 6) is 2.72. The molecule has 2 aromatic heterocycles. The molecule has 1 atom stereocenters. The zero-order chi connectivity index (χ0) is 19.3. The topological polar surface area (TPSA) is 79.4 Å². The van der Waals surface area contributed by atoms with E-state index in [4.69, 9.17) is 13.9 Å². The minimum atomic E-state index is -0.238. The van der Waals surface area contributed by atoms with Gasteiger partial charge in [-0.1, -0.05) is 11.8 Å². The van der Waals surface area contributed by atoms with E-state index >= 15 is 0 Å².